The zero-order valence-corrected chi connectivity index (χ0v) is 19.7. The number of benzene rings is 2. The van der Waals surface area contributed by atoms with E-state index in [9.17, 15) is 0 Å². The lowest BCUT2D eigenvalue weighted by Gasteiger charge is -2.33. The lowest BCUT2D eigenvalue weighted by Crippen LogP contribution is -2.18. The van der Waals surface area contributed by atoms with E-state index in [1.807, 2.05) is 0 Å². The van der Waals surface area contributed by atoms with Crippen molar-refractivity contribution in [3.05, 3.63) is 59.4 Å². The van der Waals surface area contributed by atoms with Crippen molar-refractivity contribution in [3.63, 3.8) is 0 Å². The Labute approximate surface area is 189 Å². The molecule has 2 fully saturated rings. The molecule has 0 atom stereocenters. The summed E-state index contributed by atoms with van der Waals surface area (Å²) in [6.45, 7) is 4.58. The molecule has 0 saturated heterocycles. The zero-order valence-electron chi connectivity index (χ0n) is 19.7. The van der Waals surface area contributed by atoms with Crippen LogP contribution in [0.5, 0.6) is 0 Å². The minimum atomic E-state index is 0.138. The van der Waals surface area contributed by atoms with E-state index in [1.165, 1.54) is 56.9 Å². The predicted molar refractivity (Wildman–Crippen MR) is 131 cm³/mol. The molecule has 0 unspecified atom stereocenters. The molecule has 168 valence electrons. The summed E-state index contributed by atoms with van der Waals surface area (Å²) in [7, 11) is 0. The third-order valence-corrected chi connectivity index (χ3v) is 8.23. The first-order valence-electron chi connectivity index (χ1n) is 13.1. The second-order valence-corrected chi connectivity index (χ2v) is 10.3. The van der Waals surface area contributed by atoms with Gasteiger partial charge in [-0.2, -0.15) is 0 Å². The fourth-order valence-corrected chi connectivity index (χ4v) is 6.51. The van der Waals surface area contributed by atoms with Crippen LogP contribution in [0.1, 0.15) is 114 Å². The predicted octanol–water partition coefficient (Wildman–Crippen LogP) is 9.64. The van der Waals surface area contributed by atoms with Crippen LogP contribution in [-0.2, 0) is 0 Å². The number of rotatable bonds is 7. The smallest absolute Gasteiger partial charge is 0.130 e. The van der Waals surface area contributed by atoms with Crippen molar-refractivity contribution >= 4 is 0 Å². The highest BCUT2D eigenvalue weighted by molar-refractivity contribution is 5.69. The molecule has 2 aromatic carbocycles. The molecule has 0 spiro atoms. The van der Waals surface area contributed by atoms with Gasteiger partial charge in [-0.1, -0.05) is 82.0 Å². The Morgan fingerprint density at radius 3 is 1.77 bits per heavy atom. The molecule has 0 amide bonds. The minimum Gasteiger partial charge on any atom is -0.206 e. The van der Waals surface area contributed by atoms with Crippen molar-refractivity contribution in [2.75, 3.05) is 0 Å². The summed E-state index contributed by atoms with van der Waals surface area (Å²) in [5.41, 5.74) is 4.36. The molecule has 4 rings (SSSR count). The number of hydrogen-bond donors (Lipinski definition) is 0. The van der Waals surface area contributed by atoms with Crippen molar-refractivity contribution < 1.29 is 4.39 Å². The van der Waals surface area contributed by atoms with Gasteiger partial charge >= 0.3 is 0 Å². The Morgan fingerprint density at radius 2 is 1.23 bits per heavy atom. The summed E-state index contributed by atoms with van der Waals surface area (Å²) in [4.78, 5) is 0. The van der Waals surface area contributed by atoms with Gasteiger partial charge in [0.05, 0.1) is 0 Å². The molecular formula is C30H41F. The lowest BCUT2D eigenvalue weighted by atomic mass is 9.72. The van der Waals surface area contributed by atoms with E-state index in [0.717, 1.165) is 54.2 Å². The van der Waals surface area contributed by atoms with Gasteiger partial charge in [0, 0.05) is 0 Å². The summed E-state index contributed by atoms with van der Waals surface area (Å²) in [5.74, 6) is 2.63. The molecule has 2 saturated carbocycles. The maximum Gasteiger partial charge on any atom is 0.130 e. The average molecular weight is 421 g/mol. The van der Waals surface area contributed by atoms with Crippen LogP contribution in [0.25, 0.3) is 11.1 Å². The van der Waals surface area contributed by atoms with E-state index < -0.39 is 0 Å². The zero-order chi connectivity index (χ0) is 21.6. The van der Waals surface area contributed by atoms with Crippen LogP contribution in [0.4, 0.5) is 4.39 Å². The third-order valence-electron chi connectivity index (χ3n) is 8.23. The van der Waals surface area contributed by atoms with E-state index in [-0.39, 0.29) is 5.82 Å². The Hall–Kier alpha value is -1.63. The minimum absolute atomic E-state index is 0.138. The standard InChI is InChI=1S/C30H41F/c1-3-8-22-12-16-25(17-13-22)28-21-20-27(24-10-6-5-7-11-24)29(30(28)31)26-18-14-23(9-4-2)15-19-26/h5-7,10-11,20-23,25-26H,3-4,8-9,12-19H2,1-2H3. The maximum absolute atomic E-state index is 16.3. The van der Waals surface area contributed by atoms with Gasteiger partial charge in [0.1, 0.15) is 5.82 Å². The average Bonchev–Trinajstić information content (AvgIpc) is 2.81. The van der Waals surface area contributed by atoms with Gasteiger partial charge in [-0.15, -0.1) is 0 Å². The van der Waals surface area contributed by atoms with E-state index in [2.05, 4.69) is 56.3 Å². The summed E-state index contributed by atoms with van der Waals surface area (Å²) in [5, 5.41) is 0. The van der Waals surface area contributed by atoms with Crippen molar-refractivity contribution in [2.24, 2.45) is 11.8 Å². The Kier molecular flexibility index (Phi) is 7.86. The summed E-state index contributed by atoms with van der Waals surface area (Å²) in [6, 6.07) is 14.9. The maximum atomic E-state index is 16.3. The molecule has 0 aliphatic heterocycles. The van der Waals surface area contributed by atoms with E-state index in [1.54, 1.807) is 0 Å². The Bertz CT molecular complexity index is 808. The van der Waals surface area contributed by atoms with Gasteiger partial charge in [0.15, 0.2) is 0 Å². The van der Waals surface area contributed by atoms with Crippen LogP contribution in [0.15, 0.2) is 42.5 Å². The van der Waals surface area contributed by atoms with Crippen molar-refractivity contribution in [1.82, 2.24) is 0 Å². The summed E-state index contributed by atoms with van der Waals surface area (Å²) in [6.07, 6.45) is 14.9. The highest BCUT2D eigenvalue weighted by atomic mass is 19.1. The van der Waals surface area contributed by atoms with Gasteiger partial charge in [-0.05, 0) is 97.3 Å². The van der Waals surface area contributed by atoms with Crippen LogP contribution in [0.2, 0.25) is 0 Å². The van der Waals surface area contributed by atoms with Gasteiger partial charge < -0.3 is 0 Å². The molecule has 0 radical (unpaired) electrons. The molecular weight excluding hydrogens is 379 g/mol. The first-order valence-corrected chi connectivity index (χ1v) is 13.1. The topological polar surface area (TPSA) is 0 Å². The normalized spacial score (nSPS) is 26.7. The summed E-state index contributed by atoms with van der Waals surface area (Å²) < 4.78 is 16.3. The number of halogens is 1. The molecule has 0 bridgehead atoms. The SMILES string of the molecule is CCCC1CCC(c2ccc(-c3ccccc3)c(C3CCC(CCC)CC3)c2F)CC1. The van der Waals surface area contributed by atoms with Gasteiger partial charge in [-0.3, -0.25) is 0 Å². The molecule has 31 heavy (non-hydrogen) atoms. The van der Waals surface area contributed by atoms with Crippen LogP contribution in [0, 0.1) is 17.7 Å². The van der Waals surface area contributed by atoms with Crippen molar-refractivity contribution in [1.29, 1.82) is 0 Å². The summed E-state index contributed by atoms with van der Waals surface area (Å²) >= 11 is 0. The van der Waals surface area contributed by atoms with Crippen LogP contribution >= 0.6 is 0 Å². The van der Waals surface area contributed by atoms with E-state index in [0.29, 0.717) is 11.8 Å². The van der Waals surface area contributed by atoms with Gasteiger partial charge in [0.25, 0.3) is 0 Å². The van der Waals surface area contributed by atoms with Crippen molar-refractivity contribution in [2.45, 2.75) is 103 Å². The van der Waals surface area contributed by atoms with Crippen molar-refractivity contribution in [3.8, 4) is 11.1 Å². The Balaban J connectivity index is 1.63. The highest BCUT2D eigenvalue weighted by Gasteiger charge is 2.30. The fraction of sp³-hybridized carbons (Fsp3) is 0.600. The second-order valence-electron chi connectivity index (χ2n) is 10.3. The van der Waals surface area contributed by atoms with Gasteiger partial charge in [0.2, 0.25) is 0 Å². The first-order chi connectivity index (χ1) is 15.2. The molecule has 1 heteroatoms. The first kappa shape index (κ1) is 22.6. The van der Waals surface area contributed by atoms with Crippen LogP contribution in [-0.4, -0.2) is 0 Å². The fourth-order valence-electron chi connectivity index (χ4n) is 6.51. The second kappa shape index (κ2) is 10.8. The molecule has 0 aromatic heterocycles. The quantitative estimate of drug-likeness (QED) is 0.418. The molecule has 2 aliphatic carbocycles. The molecule has 2 aromatic rings. The molecule has 2 aliphatic rings. The highest BCUT2D eigenvalue weighted by Crippen LogP contribution is 2.46. The van der Waals surface area contributed by atoms with Crippen LogP contribution < -0.4 is 0 Å². The lowest BCUT2D eigenvalue weighted by molar-refractivity contribution is 0.297. The Morgan fingerprint density at radius 1 is 0.677 bits per heavy atom. The monoisotopic (exact) mass is 420 g/mol. The van der Waals surface area contributed by atoms with E-state index >= 15 is 4.39 Å². The van der Waals surface area contributed by atoms with E-state index in [4.69, 9.17) is 0 Å². The number of hydrogen-bond acceptors (Lipinski definition) is 0. The third kappa shape index (κ3) is 5.24. The molecule has 0 N–H and O–H groups in total. The largest absolute Gasteiger partial charge is 0.206 e. The van der Waals surface area contributed by atoms with Crippen LogP contribution in [0.3, 0.4) is 0 Å². The molecule has 0 nitrogen and oxygen atoms in total. The molecule has 0 heterocycles. The van der Waals surface area contributed by atoms with Gasteiger partial charge in [-0.25, -0.2) is 4.39 Å².